The fourth-order valence-corrected chi connectivity index (χ4v) is 4.88. The van der Waals surface area contributed by atoms with Crippen molar-refractivity contribution in [2.24, 2.45) is 0 Å². The number of aromatic nitrogens is 1. The van der Waals surface area contributed by atoms with E-state index in [1.807, 2.05) is 6.08 Å². The van der Waals surface area contributed by atoms with Gasteiger partial charge in [-0.25, -0.2) is 9.82 Å². The fraction of sp³-hybridized carbons (Fsp3) is 0.167. The molecule has 0 radical (unpaired) electrons. The van der Waals surface area contributed by atoms with Crippen molar-refractivity contribution in [2.75, 3.05) is 11.4 Å². The first kappa shape index (κ1) is 21.2. The summed E-state index contributed by atoms with van der Waals surface area (Å²) in [6, 6.07) is 15.0. The second-order valence-electron chi connectivity index (χ2n) is 7.31. The lowest BCUT2D eigenvalue weighted by Gasteiger charge is -2.31. The topological polar surface area (TPSA) is 57.9 Å². The molecule has 7 heteroatoms. The molecule has 0 unspecified atom stereocenters. The molecule has 0 aliphatic carbocycles. The molecule has 0 atom stereocenters. The van der Waals surface area contributed by atoms with Crippen LogP contribution in [0, 0.1) is 10.9 Å². The van der Waals surface area contributed by atoms with Gasteiger partial charge in [0.15, 0.2) is 3.95 Å². The highest BCUT2D eigenvalue weighted by Crippen LogP contribution is 2.34. The van der Waals surface area contributed by atoms with Crippen LogP contribution in [0.4, 0.5) is 11.4 Å². The van der Waals surface area contributed by atoms with Gasteiger partial charge in [0, 0.05) is 24.0 Å². The molecule has 0 saturated carbocycles. The van der Waals surface area contributed by atoms with Gasteiger partial charge in [-0.15, -0.1) is 17.1 Å². The number of hydrogen-bond acceptors (Lipinski definition) is 6. The Kier molecular flexibility index (Phi) is 6.11. The van der Waals surface area contributed by atoms with Crippen molar-refractivity contribution in [3.05, 3.63) is 80.3 Å². The zero-order valence-corrected chi connectivity index (χ0v) is 18.7. The first-order chi connectivity index (χ1) is 15.0. The van der Waals surface area contributed by atoms with Crippen LogP contribution in [0.25, 0.3) is 18.0 Å². The minimum absolute atomic E-state index is 0.144. The summed E-state index contributed by atoms with van der Waals surface area (Å²) >= 11 is 6.35. The minimum atomic E-state index is -0.157. The van der Waals surface area contributed by atoms with Crippen LogP contribution < -0.4 is 4.90 Å². The second-order valence-corrected chi connectivity index (χ2v) is 8.99. The van der Waals surface area contributed by atoms with Gasteiger partial charge in [0.05, 0.1) is 4.88 Å². The molecule has 4 rings (SSSR count). The van der Waals surface area contributed by atoms with Crippen molar-refractivity contribution < 1.29 is 15.3 Å². The van der Waals surface area contributed by atoms with Crippen LogP contribution in [0.5, 0.6) is 5.88 Å². The number of rotatable bonds is 5. The Labute approximate surface area is 190 Å². The highest BCUT2D eigenvalue weighted by atomic mass is 32.1. The standard InChI is InChI=1S/C24H22N2O3S2/c1-16-8-11-20(12-9-16)25-14-4-6-19-15-18(10-13-21(19)25)5-3-7-22-23(27)26(17(2)29-28)24(30)31-22/h5,7-13,15,27-28H,2,4,6,14H2,1H3. The van der Waals surface area contributed by atoms with Crippen molar-refractivity contribution in [3.8, 4) is 5.88 Å². The summed E-state index contributed by atoms with van der Waals surface area (Å²) in [5, 5.41) is 19.0. The van der Waals surface area contributed by atoms with Crippen LogP contribution in [-0.4, -0.2) is 21.5 Å². The van der Waals surface area contributed by atoms with Gasteiger partial charge in [-0.1, -0.05) is 23.8 Å². The molecule has 0 bridgehead atoms. The van der Waals surface area contributed by atoms with E-state index in [1.54, 1.807) is 6.08 Å². The van der Waals surface area contributed by atoms with Gasteiger partial charge < -0.3 is 14.9 Å². The summed E-state index contributed by atoms with van der Waals surface area (Å²) in [4.78, 5) is 6.96. The Morgan fingerprint density at radius 1 is 1.23 bits per heavy atom. The van der Waals surface area contributed by atoms with E-state index in [0.29, 0.717) is 8.83 Å². The molecule has 2 N–H and O–H groups in total. The van der Waals surface area contributed by atoms with Gasteiger partial charge in [-0.05, 0) is 80.0 Å². The molecule has 158 valence electrons. The Morgan fingerprint density at radius 3 is 2.74 bits per heavy atom. The normalized spacial score (nSPS) is 12.6. The summed E-state index contributed by atoms with van der Waals surface area (Å²) in [5.41, 5.74) is 9.16. The van der Waals surface area contributed by atoms with E-state index in [0.717, 1.165) is 29.5 Å². The van der Waals surface area contributed by atoms with E-state index >= 15 is 0 Å². The van der Waals surface area contributed by atoms with Gasteiger partial charge >= 0.3 is 0 Å². The predicted molar refractivity (Wildman–Crippen MR) is 129 cm³/mol. The lowest BCUT2D eigenvalue weighted by molar-refractivity contribution is -0.176. The molecule has 0 spiro atoms. The summed E-state index contributed by atoms with van der Waals surface area (Å²) in [6.45, 7) is 6.61. The molecular weight excluding hydrogens is 428 g/mol. The lowest BCUT2D eigenvalue weighted by Crippen LogP contribution is -2.24. The highest BCUT2D eigenvalue weighted by Gasteiger charge is 2.18. The summed E-state index contributed by atoms with van der Waals surface area (Å²) in [7, 11) is 0. The predicted octanol–water partition coefficient (Wildman–Crippen LogP) is 6.62. The number of hydrogen-bond donors (Lipinski definition) is 2. The molecule has 0 saturated heterocycles. The third-order valence-electron chi connectivity index (χ3n) is 5.20. The fourth-order valence-electron chi connectivity index (χ4n) is 3.65. The van der Waals surface area contributed by atoms with Crippen molar-refractivity contribution in [1.29, 1.82) is 0 Å². The average Bonchev–Trinajstić information content (AvgIpc) is 3.06. The van der Waals surface area contributed by atoms with Crippen LogP contribution in [0.2, 0.25) is 0 Å². The van der Waals surface area contributed by atoms with E-state index in [-0.39, 0.29) is 11.8 Å². The number of anilines is 2. The number of fused-ring (bicyclic) bond motifs is 1. The van der Waals surface area contributed by atoms with Crippen molar-refractivity contribution in [2.45, 2.75) is 19.8 Å². The molecule has 1 aliphatic heterocycles. The third-order valence-corrected chi connectivity index (χ3v) is 6.51. The zero-order valence-electron chi connectivity index (χ0n) is 17.0. The number of nitrogens with zero attached hydrogens (tertiary/aromatic N) is 2. The number of thiazole rings is 1. The van der Waals surface area contributed by atoms with E-state index < -0.39 is 0 Å². The van der Waals surface area contributed by atoms with E-state index in [9.17, 15) is 5.11 Å². The molecule has 3 aromatic rings. The number of aromatic hydroxyl groups is 1. The molecule has 1 aliphatic rings. The zero-order chi connectivity index (χ0) is 22.0. The van der Waals surface area contributed by atoms with Gasteiger partial charge in [0.25, 0.3) is 0 Å². The number of benzene rings is 2. The van der Waals surface area contributed by atoms with E-state index in [4.69, 9.17) is 17.5 Å². The maximum Gasteiger partial charge on any atom is 0.238 e. The van der Waals surface area contributed by atoms with Gasteiger partial charge in [-0.2, -0.15) is 0 Å². The summed E-state index contributed by atoms with van der Waals surface area (Å²) in [5.74, 6) is -0.302. The summed E-state index contributed by atoms with van der Waals surface area (Å²) in [6.07, 6.45) is 5.66. The molecule has 2 heterocycles. The Bertz CT molecular complexity index is 1250. The van der Waals surface area contributed by atoms with Crippen LogP contribution >= 0.6 is 23.6 Å². The molecule has 2 aromatic carbocycles. The van der Waals surface area contributed by atoms with E-state index in [1.165, 1.54) is 33.8 Å². The second kappa shape index (κ2) is 8.96. The van der Waals surface area contributed by atoms with Crippen molar-refractivity contribution in [1.82, 2.24) is 4.57 Å². The van der Waals surface area contributed by atoms with Gasteiger partial charge in [0.2, 0.25) is 11.8 Å². The van der Waals surface area contributed by atoms with Gasteiger partial charge in [-0.3, -0.25) is 0 Å². The minimum Gasteiger partial charge on any atom is -0.493 e. The smallest absolute Gasteiger partial charge is 0.238 e. The Balaban J connectivity index is 1.60. The van der Waals surface area contributed by atoms with Crippen molar-refractivity contribution in [3.63, 3.8) is 0 Å². The highest BCUT2D eigenvalue weighted by molar-refractivity contribution is 7.73. The monoisotopic (exact) mass is 450 g/mol. The van der Waals surface area contributed by atoms with Crippen molar-refractivity contribution >= 4 is 53.0 Å². The van der Waals surface area contributed by atoms with Crippen LogP contribution in [0.15, 0.2) is 54.8 Å². The third kappa shape index (κ3) is 4.36. The number of aryl methyl sites for hydroxylation is 2. The quantitative estimate of drug-likeness (QED) is 0.150. The maximum atomic E-state index is 10.3. The lowest BCUT2D eigenvalue weighted by atomic mass is 9.98. The Morgan fingerprint density at radius 2 is 2.00 bits per heavy atom. The molecule has 31 heavy (non-hydrogen) atoms. The largest absolute Gasteiger partial charge is 0.493 e. The van der Waals surface area contributed by atoms with Crippen LogP contribution in [0.3, 0.4) is 0 Å². The average molecular weight is 451 g/mol. The van der Waals surface area contributed by atoms with Crippen LogP contribution in [0.1, 0.15) is 28.0 Å². The SMILES string of the molecule is C=C(OO)n1c(O)c(C=C=Cc2ccc3c(c2)CCCN3c2ccc(C)cc2)sc1=S. The summed E-state index contributed by atoms with van der Waals surface area (Å²) < 4.78 is 1.47. The first-order valence-corrected chi connectivity index (χ1v) is 11.1. The molecule has 1 aromatic heterocycles. The van der Waals surface area contributed by atoms with Gasteiger partial charge in [0.1, 0.15) is 0 Å². The maximum absolute atomic E-state index is 10.3. The Hall–Kier alpha value is -3.09. The van der Waals surface area contributed by atoms with Crippen LogP contribution in [-0.2, 0) is 11.3 Å². The first-order valence-electron chi connectivity index (χ1n) is 9.83. The molecule has 5 nitrogen and oxygen atoms in total. The molecular formula is C24H22N2O3S2. The molecule has 0 fully saturated rings. The molecule has 0 amide bonds. The van der Waals surface area contributed by atoms with E-state index in [2.05, 4.69) is 71.5 Å².